The average Bonchev–Trinajstić information content (AvgIpc) is 2.60. The molecule has 1 aromatic heterocycles. The van der Waals surface area contributed by atoms with Crippen LogP contribution in [0.2, 0.25) is 5.02 Å². The number of halogens is 1. The fourth-order valence-electron chi connectivity index (χ4n) is 2.21. The van der Waals surface area contributed by atoms with E-state index in [0.29, 0.717) is 40.6 Å². The number of nitrogens with zero attached hydrogens (tertiary/aromatic N) is 2. The lowest BCUT2D eigenvalue weighted by atomic mass is 10.2. The summed E-state index contributed by atoms with van der Waals surface area (Å²) in [6.45, 7) is 2.97. The molecule has 0 unspecified atom stereocenters. The van der Waals surface area contributed by atoms with Crippen molar-refractivity contribution < 1.29 is 19.0 Å². The number of fused-ring (bicyclic) bond motifs is 1. The average molecular weight is 382 g/mol. The first-order valence-corrected chi connectivity index (χ1v) is 8.95. The second-order valence-electron chi connectivity index (χ2n) is 5.06. The monoisotopic (exact) mass is 381 g/mol. The van der Waals surface area contributed by atoms with E-state index in [1.54, 1.807) is 6.92 Å². The van der Waals surface area contributed by atoms with E-state index in [0.717, 1.165) is 5.56 Å². The minimum atomic E-state index is -0.532. The molecule has 132 valence electrons. The molecule has 1 aromatic carbocycles. The molecule has 2 aromatic rings. The summed E-state index contributed by atoms with van der Waals surface area (Å²) in [5.74, 6) is 1.33. The van der Waals surface area contributed by atoms with Crippen molar-refractivity contribution in [2.45, 2.75) is 17.8 Å². The van der Waals surface area contributed by atoms with Gasteiger partial charge in [-0.3, -0.25) is 0 Å². The number of rotatable bonds is 5. The zero-order chi connectivity index (χ0) is 17.8. The van der Waals surface area contributed by atoms with Crippen LogP contribution >= 0.6 is 23.4 Å². The Morgan fingerprint density at radius 2 is 2.20 bits per heavy atom. The molecule has 2 N–H and O–H groups in total. The van der Waals surface area contributed by atoms with Crippen LogP contribution in [0.1, 0.15) is 22.8 Å². The Morgan fingerprint density at radius 1 is 1.40 bits per heavy atom. The van der Waals surface area contributed by atoms with E-state index in [4.69, 9.17) is 31.5 Å². The van der Waals surface area contributed by atoms with Gasteiger partial charge in [-0.1, -0.05) is 23.4 Å². The second kappa shape index (κ2) is 7.79. The van der Waals surface area contributed by atoms with Gasteiger partial charge in [0.1, 0.15) is 24.6 Å². The predicted octanol–water partition coefficient (Wildman–Crippen LogP) is 2.95. The third kappa shape index (κ3) is 4.08. The van der Waals surface area contributed by atoms with E-state index in [1.165, 1.54) is 18.0 Å². The minimum absolute atomic E-state index is 0.0937. The summed E-state index contributed by atoms with van der Waals surface area (Å²) in [5.41, 5.74) is 6.92. The standard InChI is InChI=1S/C16H16ClN3O4S/c1-2-22-15(21)10-7-19-16(20-14(10)18)25-8-9-5-11(17)13-12(6-9)23-3-4-24-13/h5-7H,2-4,8H2,1H3,(H2,18,19,20). The van der Waals surface area contributed by atoms with Gasteiger partial charge in [0, 0.05) is 11.9 Å². The first-order valence-electron chi connectivity index (χ1n) is 7.59. The van der Waals surface area contributed by atoms with Crippen molar-refractivity contribution in [1.82, 2.24) is 9.97 Å². The second-order valence-corrected chi connectivity index (χ2v) is 6.41. The minimum Gasteiger partial charge on any atom is -0.486 e. The smallest absolute Gasteiger partial charge is 0.343 e. The summed E-state index contributed by atoms with van der Waals surface area (Å²) >= 11 is 7.59. The third-order valence-corrected chi connectivity index (χ3v) is 4.53. The van der Waals surface area contributed by atoms with Crippen LogP contribution in [-0.2, 0) is 10.5 Å². The molecule has 25 heavy (non-hydrogen) atoms. The maximum absolute atomic E-state index is 11.7. The molecule has 7 nitrogen and oxygen atoms in total. The molecule has 1 aliphatic heterocycles. The van der Waals surface area contributed by atoms with E-state index >= 15 is 0 Å². The topological polar surface area (TPSA) is 96.6 Å². The van der Waals surface area contributed by atoms with Crippen molar-refractivity contribution in [3.05, 3.63) is 34.5 Å². The summed E-state index contributed by atoms with van der Waals surface area (Å²) < 4.78 is 16.0. The number of nitrogens with two attached hydrogens (primary N) is 1. The number of carbonyl (C=O) groups excluding carboxylic acids is 1. The van der Waals surface area contributed by atoms with Crippen LogP contribution in [0.15, 0.2) is 23.5 Å². The maximum Gasteiger partial charge on any atom is 0.343 e. The summed E-state index contributed by atoms with van der Waals surface area (Å²) in [6.07, 6.45) is 1.37. The Balaban J connectivity index is 1.70. The highest BCUT2D eigenvalue weighted by atomic mass is 35.5. The molecule has 0 amide bonds. The highest BCUT2D eigenvalue weighted by Crippen LogP contribution is 2.39. The number of thioether (sulfide) groups is 1. The Labute approximate surface area is 153 Å². The van der Waals surface area contributed by atoms with Crippen LogP contribution < -0.4 is 15.2 Å². The first-order chi connectivity index (χ1) is 12.1. The van der Waals surface area contributed by atoms with Gasteiger partial charge in [0.05, 0.1) is 11.6 Å². The lowest BCUT2D eigenvalue weighted by molar-refractivity contribution is 0.0526. The van der Waals surface area contributed by atoms with Crippen LogP contribution in [0.5, 0.6) is 11.5 Å². The molecular formula is C16H16ClN3O4S. The fourth-order valence-corrected chi connectivity index (χ4v) is 3.25. The highest BCUT2D eigenvalue weighted by Gasteiger charge is 2.17. The number of anilines is 1. The summed E-state index contributed by atoms with van der Waals surface area (Å²) in [4.78, 5) is 20.0. The van der Waals surface area contributed by atoms with Gasteiger partial charge >= 0.3 is 5.97 Å². The number of hydrogen-bond acceptors (Lipinski definition) is 8. The van der Waals surface area contributed by atoms with E-state index in [9.17, 15) is 4.79 Å². The summed E-state index contributed by atoms with van der Waals surface area (Å²) in [7, 11) is 0. The number of nitrogen functional groups attached to an aromatic ring is 1. The zero-order valence-electron chi connectivity index (χ0n) is 13.5. The van der Waals surface area contributed by atoms with E-state index in [1.807, 2.05) is 12.1 Å². The molecule has 2 heterocycles. The van der Waals surface area contributed by atoms with Gasteiger partial charge in [-0.05, 0) is 24.6 Å². The zero-order valence-corrected chi connectivity index (χ0v) is 15.0. The van der Waals surface area contributed by atoms with Gasteiger partial charge in [0.2, 0.25) is 0 Å². The highest BCUT2D eigenvalue weighted by molar-refractivity contribution is 7.98. The molecule has 0 saturated heterocycles. The van der Waals surface area contributed by atoms with Gasteiger partial charge in [-0.2, -0.15) is 0 Å². The van der Waals surface area contributed by atoms with Crippen molar-refractivity contribution in [2.24, 2.45) is 0 Å². The molecule has 0 bridgehead atoms. The van der Waals surface area contributed by atoms with Crippen LogP contribution in [-0.4, -0.2) is 35.8 Å². The summed E-state index contributed by atoms with van der Waals surface area (Å²) in [6, 6.07) is 3.70. The van der Waals surface area contributed by atoms with Gasteiger partial charge in [0.15, 0.2) is 16.7 Å². The molecular weight excluding hydrogens is 366 g/mol. The van der Waals surface area contributed by atoms with Crippen molar-refractivity contribution in [3.8, 4) is 11.5 Å². The molecule has 0 atom stereocenters. The number of hydrogen-bond donors (Lipinski definition) is 1. The summed E-state index contributed by atoms with van der Waals surface area (Å²) in [5, 5.41) is 0.961. The van der Waals surface area contributed by atoms with Crippen LogP contribution in [0.25, 0.3) is 0 Å². The Morgan fingerprint density at radius 3 is 2.96 bits per heavy atom. The van der Waals surface area contributed by atoms with E-state index in [-0.39, 0.29) is 18.0 Å². The van der Waals surface area contributed by atoms with Crippen molar-refractivity contribution in [1.29, 1.82) is 0 Å². The SMILES string of the molecule is CCOC(=O)c1cnc(SCc2cc(Cl)c3c(c2)OCCO3)nc1N. The number of ether oxygens (including phenoxy) is 3. The Bertz CT molecular complexity index is 803. The van der Waals surface area contributed by atoms with Gasteiger partial charge in [-0.15, -0.1) is 0 Å². The van der Waals surface area contributed by atoms with Crippen LogP contribution in [0.4, 0.5) is 5.82 Å². The molecule has 0 radical (unpaired) electrons. The largest absolute Gasteiger partial charge is 0.486 e. The van der Waals surface area contributed by atoms with Crippen LogP contribution in [0, 0.1) is 0 Å². The van der Waals surface area contributed by atoms with Crippen molar-refractivity contribution in [3.63, 3.8) is 0 Å². The van der Waals surface area contributed by atoms with Crippen molar-refractivity contribution in [2.75, 3.05) is 25.6 Å². The number of aromatic nitrogens is 2. The van der Waals surface area contributed by atoms with Crippen LogP contribution in [0.3, 0.4) is 0 Å². The number of benzene rings is 1. The molecule has 1 aliphatic rings. The van der Waals surface area contributed by atoms with Crippen molar-refractivity contribution >= 4 is 35.1 Å². The molecule has 3 rings (SSSR count). The molecule has 0 saturated carbocycles. The third-order valence-electron chi connectivity index (χ3n) is 3.32. The fraction of sp³-hybridized carbons (Fsp3) is 0.312. The molecule has 0 aliphatic carbocycles. The number of carbonyl (C=O) groups is 1. The number of esters is 1. The Kier molecular flexibility index (Phi) is 5.50. The van der Waals surface area contributed by atoms with Gasteiger partial charge in [0.25, 0.3) is 0 Å². The quantitative estimate of drug-likeness (QED) is 0.479. The Hall–Kier alpha value is -2.19. The van der Waals surface area contributed by atoms with Gasteiger partial charge < -0.3 is 19.9 Å². The molecule has 0 fully saturated rings. The first kappa shape index (κ1) is 17.6. The maximum atomic E-state index is 11.7. The lowest BCUT2D eigenvalue weighted by Crippen LogP contribution is -2.15. The lowest BCUT2D eigenvalue weighted by Gasteiger charge is -2.20. The van der Waals surface area contributed by atoms with E-state index in [2.05, 4.69) is 9.97 Å². The molecule has 0 spiro atoms. The molecule has 9 heteroatoms. The van der Waals surface area contributed by atoms with Gasteiger partial charge in [-0.25, -0.2) is 14.8 Å². The predicted molar refractivity (Wildman–Crippen MR) is 94.4 cm³/mol. The van der Waals surface area contributed by atoms with E-state index < -0.39 is 5.97 Å². The normalized spacial score (nSPS) is 12.7.